The van der Waals surface area contributed by atoms with E-state index in [0.717, 1.165) is 12.1 Å². The van der Waals surface area contributed by atoms with Crippen LogP contribution in [0.5, 0.6) is 5.75 Å². The van der Waals surface area contributed by atoms with Gasteiger partial charge >= 0.3 is 0 Å². The molecular weight excluding hydrogens is 298 g/mol. The molecule has 0 saturated heterocycles. The van der Waals surface area contributed by atoms with E-state index < -0.39 is 0 Å². The van der Waals surface area contributed by atoms with Crippen LogP contribution >= 0.6 is 0 Å². The van der Waals surface area contributed by atoms with Crippen LogP contribution in [0.1, 0.15) is 21.5 Å². The first-order valence-electron chi connectivity index (χ1n) is 7.91. The van der Waals surface area contributed by atoms with Gasteiger partial charge in [0.2, 0.25) is 0 Å². The number of fused-ring (bicyclic) bond motifs is 3. The van der Waals surface area contributed by atoms with Crippen molar-refractivity contribution in [2.45, 2.75) is 6.42 Å². The standard InChI is InChI=1S/C21H17NO2/c1-24-18-7-4-6-15(13-18)21(23)22-17-9-10-20-16(12-17)11-14-5-2-3-8-19(14)20/h2-10,12-13H,11H2,1H3,(H,22,23). The molecule has 0 fully saturated rings. The molecule has 1 N–H and O–H groups in total. The lowest BCUT2D eigenvalue weighted by atomic mass is 10.1. The van der Waals surface area contributed by atoms with Crippen LogP contribution in [0.25, 0.3) is 11.1 Å². The molecule has 118 valence electrons. The van der Waals surface area contributed by atoms with Crippen molar-refractivity contribution in [2.24, 2.45) is 0 Å². The van der Waals surface area contributed by atoms with Crippen LogP contribution in [-0.4, -0.2) is 13.0 Å². The molecule has 3 heteroatoms. The number of hydrogen-bond donors (Lipinski definition) is 1. The van der Waals surface area contributed by atoms with Crippen molar-refractivity contribution >= 4 is 11.6 Å². The second-order valence-electron chi connectivity index (χ2n) is 5.89. The van der Waals surface area contributed by atoms with Gasteiger partial charge in [-0.05, 0) is 59.0 Å². The summed E-state index contributed by atoms with van der Waals surface area (Å²) in [4.78, 5) is 12.4. The number of benzene rings is 3. The van der Waals surface area contributed by atoms with E-state index in [-0.39, 0.29) is 5.91 Å². The minimum absolute atomic E-state index is 0.135. The van der Waals surface area contributed by atoms with Gasteiger partial charge in [0.05, 0.1) is 7.11 Å². The van der Waals surface area contributed by atoms with Gasteiger partial charge in [-0.3, -0.25) is 4.79 Å². The van der Waals surface area contributed by atoms with Crippen LogP contribution in [-0.2, 0) is 6.42 Å². The predicted molar refractivity (Wildman–Crippen MR) is 95.6 cm³/mol. The number of rotatable bonds is 3. The highest BCUT2D eigenvalue weighted by Crippen LogP contribution is 2.37. The molecule has 1 aliphatic rings. The third-order valence-electron chi connectivity index (χ3n) is 4.38. The Morgan fingerprint density at radius 1 is 0.917 bits per heavy atom. The first kappa shape index (κ1) is 14.5. The van der Waals surface area contributed by atoms with Gasteiger partial charge in [0.25, 0.3) is 5.91 Å². The molecule has 3 nitrogen and oxygen atoms in total. The number of ether oxygens (including phenoxy) is 1. The number of carbonyl (C=O) groups excluding carboxylic acids is 1. The van der Waals surface area contributed by atoms with Crippen LogP contribution in [0.15, 0.2) is 66.7 Å². The van der Waals surface area contributed by atoms with Gasteiger partial charge in [0.1, 0.15) is 5.75 Å². The van der Waals surface area contributed by atoms with Gasteiger partial charge < -0.3 is 10.1 Å². The number of hydrogen-bond acceptors (Lipinski definition) is 2. The summed E-state index contributed by atoms with van der Waals surface area (Å²) in [5, 5.41) is 2.97. The zero-order valence-electron chi connectivity index (χ0n) is 13.4. The zero-order chi connectivity index (χ0) is 16.5. The molecule has 0 bridgehead atoms. The fourth-order valence-electron chi connectivity index (χ4n) is 3.19. The fourth-order valence-corrected chi connectivity index (χ4v) is 3.19. The van der Waals surface area contributed by atoms with Crippen LogP contribution in [0, 0.1) is 0 Å². The summed E-state index contributed by atoms with van der Waals surface area (Å²) >= 11 is 0. The molecule has 3 aromatic rings. The summed E-state index contributed by atoms with van der Waals surface area (Å²) in [5.74, 6) is 0.538. The van der Waals surface area contributed by atoms with E-state index in [1.807, 2.05) is 18.2 Å². The molecule has 1 amide bonds. The predicted octanol–water partition coefficient (Wildman–Crippen LogP) is 4.52. The normalized spacial score (nSPS) is 11.5. The third-order valence-corrected chi connectivity index (χ3v) is 4.38. The first-order valence-corrected chi connectivity index (χ1v) is 7.91. The molecule has 0 heterocycles. The van der Waals surface area contributed by atoms with E-state index in [0.29, 0.717) is 11.3 Å². The van der Waals surface area contributed by atoms with Crippen LogP contribution < -0.4 is 10.1 Å². The molecule has 1 aliphatic carbocycles. The smallest absolute Gasteiger partial charge is 0.255 e. The lowest BCUT2D eigenvalue weighted by molar-refractivity contribution is 0.102. The molecule has 0 saturated carbocycles. The van der Waals surface area contributed by atoms with Crippen LogP contribution in [0.3, 0.4) is 0 Å². The largest absolute Gasteiger partial charge is 0.497 e. The Morgan fingerprint density at radius 3 is 2.62 bits per heavy atom. The molecule has 4 rings (SSSR count). The lowest BCUT2D eigenvalue weighted by Gasteiger charge is -2.08. The van der Waals surface area contributed by atoms with Crippen molar-refractivity contribution in [3.05, 3.63) is 83.4 Å². The maximum atomic E-state index is 12.4. The van der Waals surface area contributed by atoms with Gasteiger partial charge in [-0.2, -0.15) is 0 Å². The molecular formula is C21H17NO2. The van der Waals surface area contributed by atoms with Crippen molar-refractivity contribution < 1.29 is 9.53 Å². The minimum Gasteiger partial charge on any atom is -0.497 e. The molecule has 0 atom stereocenters. The summed E-state index contributed by atoms with van der Waals surface area (Å²) in [6.07, 6.45) is 0.911. The summed E-state index contributed by atoms with van der Waals surface area (Å²) in [6.45, 7) is 0. The highest BCUT2D eigenvalue weighted by molar-refractivity contribution is 6.04. The summed E-state index contributed by atoms with van der Waals surface area (Å²) < 4.78 is 5.17. The van der Waals surface area contributed by atoms with Crippen molar-refractivity contribution in [1.29, 1.82) is 0 Å². The second-order valence-corrected chi connectivity index (χ2v) is 5.89. The molecule has 24 heavy (non-hydrogen) atoms. The van der Waals surface area contributed by atoms with Gasteiger partial charge in [0, 0.05) is 11.3 Å². The van der Waals surface area contributed by atoms with E-state index in [9.17, 15) is 4.79 Å². The lowest BCUT2D eigenvalue weighted by Crippen LogP contribution is -2.12. The van der Waals surface area contributed by atoms with Crippen molar-refractivity contribution in [3.8, 4) is 16.9 Å². The van der Waals surface area contributed by atoms with Gasteiger partial charge in [-0.25, -0.2) is 0 Å². The van der Waals surface area contributed by atoms with Crippen LogP contribution in [0.2, 0.25) is 0 Å². The van der Waals surface area contributed by atoms with Crippen molar-refractivity contribution in [1.82, 2.24) is 0 Å². The number of nitrogens with one attached hydrogen (secondary N) is 1. The maximum absolute atomic E-state index is 12.4. The van der Waals surface area contributed by atoms with Gasteiger partial charge in [-0.1, -0.05) is 36.4 Å². The quantitative estimate of drug-likeness (QED) is 0.603. The molecule has 0 radical (unpaired) electrons. The number of carbonyl (C=O) groups is 1. The first-order chi connectivity index (χ1) is 11.7. The Labute approximate surface area is 140 Å². The van der Waals surface area contributed by atoms with E-state index in [4.69, 9.17) is 4.74 Å². The Hall–Kier alpha value is -3.07. The summed E-state index contributed by atoms with van der Waals surface area (Å²) in [7, 11) is 1.59. The van der Waals surface area contributed by atoms with E-state index >= 15 is 0 Å². The molecule has 0 aliphatic heterocycles. The molecule has 3 aromatic carbocycles. The highest BCUT2D eigenvalue weighted by Gasteiger charge is 2.18. The maximum Gasteiger partial charge on any atom is 0.255 e. The Kier molecular flexibility index (Phi) is 3.54. The number of anilines is 1. The molecule has 0 aromatic heterocycles. The molecule has 0 spiro atoms. The third kappa shape index (κ3) is 2.54. The number of methoxy groups -OCH3 is 1. The summed E-state index contributed by atoms with van der Waals surface area (Å²) in [5.41, 5.74) is 6.53. The number of amides is 1. The summed E-state index contributed by atoms with van der Waals surface area (Å²) in [6, 6.07) is 21.7. The van der Waals surface area contributed by atoms with Crippen LogP contribution in [0.4, 0.5) is 5.69 Å². The Balaban J connectivity index is 1.58. The highest BCUT2D eigenvalue weighted by atomic mass is 16.5. The van der Waals surface area contributed by atoms with Crippen molar-refractivity contribution in [3.63, 3.8) is 0 Å². The van der Waals surface area contributed by atoms with E-state index in [2.05, 4.69) is 41.7 Å². The van der Waals surface area contributed by atoms with Gasteiger partial charge in [0.15, 0.2) is 0 Å². The van der Waals surface area contributed by atoms with Gasteiger partial charge in [-0.15, -0.1) is 0 Å². The average Bonchev–Trinajstić information content (AvgIpc) is 2.99. The van der Waals surface area contributed by atoms with Crippen molar-refractivity contribution in [2.75, 3.05) is 12.4 Å². The fraction of sp³-hybridized carbons (Fsp3) is 0.0952. The Morgan fingerprint density at radius 2 is 1.75 bits per heavy atom. The Bertz CT molecular complexity index is 931. The van der Waals surface area contributed by atoms with E-state index in [1.165, 1.54) is 22.3 Å². The van der Waals surface area contributed by atoms with E-state index in [1.54, 1.807) is 19.2 Å². The minimum atomic E-state index is -0.135. The second kappa shape index (κ2) is 5.85. The SMILES string of the molecule is COc1cccc(C(=O)Nc2ccc3c(c2)Cc2ccccc2-3)c1. The zero-order valence-corrected chi connectivity index (χ0v) is 13.4. The average molecular weight is 315 g/mol. The monoisotopic (exact) mass is 315 g/mol. The topological polar surface area (TPSA) is 38.3 Å². The molecule has 0 unspecified atom stereocenters.